The highest BCUT2D eigenvalue weighted by molar-refractivity contribution is 5.97. The van der Waals surface area contributed by atoms with Crippen molar-refractivity contribution in [2.24, 2.45) is 11.5 Å². The zero-order valence-corrected chi connectivity index (χ0v) is 14.5. The van der Waals surface area contributed by atoms with Crippen LogP contribution >= 0.6 is 0 Å². The van der Waals surface area contributed by atoms with Crippen molar-refractivity contribution in [3.05, 3.63) is 60.2 Å². The number of hydrogen-bond donors (Lipinski definition) is 3. The SMILES string of the molecule is CC(C)(N)C(=O)Nc1cccc(N(CC(N)=O)Cc2ccccc2)c1. The van der Waals surface area contributed by atoms with Gasteiger partial charge in [0.2, 0.25) is 11.8 Å². The van der Waals surface area contributed by atoms with E-state index in [9.17, 15) is 9.59 Å². The van der Waals surface area contributed by atoms with Crippen molar-refractivity contribution in [2.45, 2.75) is 25.9 Å². The van der Waals surface area contributed by atoms with Gasteiger partial charge in [-0.25, -0.2) is 0 Å². The smallest absolute Gasteiger partial charge is 0.243 e. The molecule has 0 radical (unpaired) electrons. The Kier molecular flexibility index (Phi) is 5.77. The molecule has 0 saturated heterocycles. The standard InChI is InChI=1S/C19H24N4O2/c1-19(2,21)18(25)22-15-9-6-10-16(11-15)23(13-17(20)24)12-14-7-4-3-5-8-14/h3-11H,12-13,21H2,1-2H3,(H2,20,24)(H,22,25). The molecule has 0 aliphatic carbocycles. The second-order valence-corrected chi connectivity index (χ2v) is 6.53. The Balaban J connectivity index is 2.23. The lowest BCUT2D eigenvalue weighted by Crippen LogP contribution is -2.45. The van der Waals surface area contributed by atoms with Gasteiger partial charge in [0.15, 0.2) is 0 Å². The molecule has 2 aromatic carbocycles. The lowest BCUT2D eigenvalue weighted by atomic mass is 10.1. The van der Waals surface area contributed by atoms with Gasteiger partial charge in [-0.15, -0.1) is 0 Å². The maximum absolute atomic E-state index is 12.1. The zero-order valence-electron chi connectivity index (χ0n) is 14.5. The molecule has 0 unspecified atom stereocenters. The van der Waals surface area contributed by atoms with Crippen molar-refractivity contribution in [2.75, 3.05) is 16.8 Å². The third-order valence-electron chi connectivity index (χ3n) is 3.62. The van der Waals surface area contributed by atoms with Gasteiger partial charge in [-0.05, 0) is 37.6 Å². The number of hydrogen-bond acceptors (Lipinski definition) is 4. The molecular formula is C19H24N4O2. The van der Waals surface area contributed by atoms with E-state index in [1.54, 1.807) is 26.0 Å². The molecule has 2 amide bonds. The van der Waals surface area contributed by atoms with E-state index in [2.05, 4.69) is 5.32 Å². The van der Waals surface area contributed by atoms with Crippen molar-refractivity contribution >= 4 is 23.2 Å². The van der Waals surface area contributed by atoms with E-state index in [1.165, 1.54) is 0 Å². The van der Waals surface area contributed by atoms with Crippen molar-refractivity contribution in [1.82, 2.24) is 0 Å². The summed E-state index contributed by atoms with van der Waals surface area (Å²) in [5, 5.41) is 2.79. The number of anilines is 2. The number of benzene rings is 2. The van der Waals surface area contributed by atoms with E-state index in [1.807, 2.05) is 47.4 Å². The topological polar surface area (TPSA) is 101 Å². The van der Waals surface area contributed by atoms with Crippen LogP contribution in [0.2, 0.25) is 0 Å². The Labute approximate surface area is 147 Å². The van der Waals surface area contributed by atoms with Crippen LogP contribution < -0.4 is 21.7 Å². The molecule has 0 aromatic heterocycles. The summed E-state index contributed by atoms with van der Waals surface area (Å²) < 4.78 is 0. The zero-order chi connectivity index (χ0) is 18.4. The molecule has 25 heavy (non-hydrogen) atoms. The van der Waals surface area contributed by atoms with E-state index in [0.29, 0.717) is 12.2 Å². The summed E-state index contributed by atoms with van der Waals surface area (Å²) in [5.74, 6) is -0.706. The summed E-state index contributed by atoms with van der Waals surface area (Å²) in [5.41, 5.74) is 12.7. The molecule has 6 heteroatoms. The number of primary amides is 1. The van der Waals surface area contributed by atoms with Gasteiger partial charge in [-0.2, -0.15) is 0 Å². The molecule has 2 rings (SSSR count). The number of rotatable bonds is 7. The number of nitrogens with two attached hydrogens (primary N) is 2. The quantitative estimate of drug-likeness (QED) is 0.716. The molecule has 132 valence electrons. The molecule has 0 heterocycles. The molecule has 2 aromatic rings. The predicted octanol–water partition coefficient (Wildman–Crippen LogP) is 1.85. The van der Waals surface area contributed by atoms with Crippen LogP contribution in [0.25, 0.3) is 0 Å². The lowest BCUT2D eigenvalue weighted by molar-refractivity contribution is -0.120. The summed E-state index contributed by atoms with van der Waals surface area (Å²) in [7, 11) is 0. The van der Waals surface area contributed by atoms with E-state index >= 15 is 0 Å². The first-order valence-corrected chi connectivity index (χ1v) is 8.03. The van der Waals surface area contributed by atoms with Crippen LogP contribution in [-0.2, 0) is 16.1 Å². The molecule has 0 aliphatic heterocycles. The Hall–Kier alpha value is -2.86. The highest BCUT2D eigenvalue weighted by atomic mass is 16.2. The predicted molar refractivity (Wildman–Crippen MR) is 100 cm³/mol. The van der Waals surface area contributed by atoms with Gasteiger partial charge in [0.05, 0.1) is 12.1 Å². The van der Waals surface area contributed by atoms with Gasteiger partial charge >= 0.3 is 0 Å². The monoisotopic (exact) mass is 340 g/mol. The minimum absolute atomic E-state index is 0.0781. The Morgan fingerprint density at radius 2 is 1.76 bits per heavy atom. The van der Waals surface area contributed by atoms with Gasteiger partial charge in [-0.3, -0.25) is 9.59 Å². The summed E-state index contributed by atoms with van der Waals surface area (Å²) >= 11 is 0. The van der Waals surface area contributed by atoms with Gasteiger partial charge in [0.25, 0.3) is 0 Å². The first-order chi connectivity index (χ1) is 11.8. The van der Waals surface area contributed by atoms with Gasteiger partial charge in [-0.1, -0.05) is 36.4 Å². The van der Waals surface area contributed by atoms with Crippen LogP contribution in [0.5, 0.6) is 0 Å². The molecule has 0 saturated carbocycles. The Morgan fingerprint density at radius 1 is 1.08 bits per heavy atom. The third-order valence-corrected chi connectivity index (χ3v) is 3.62. The van der Waals surface area contributed by atoms with Crippen molar-refractivity contribution < 1.29 is 9.59 Å². The van der Waals surface area contributed by atoms with Gasteiger partial charge < -0.3 is 21.7 Å². The molecule has 0 fully saturated rings. The maximum atomic E-state index is 12.1. The van der Waals surface area contributed by atoms with Gasteiger partial charge in [0.1, 0.15) is 0 Å². The second kappa shape index (κ2) is 7.81. The first-order valence-electron chi connectivity index (χ1n) is 8.03. The molecule has 6 nitrogen and oxygen atoms in total. The van der Waals surface area contributed by atoms with Crippen molar-refractivity contribution in [1.29, 1.82) is 0 Å². The summed E-state index contributed by atoms with van der Waals surface area (Å²) in [6.07, 6.45) is 0. The summed E-state index contributed by atoms with van der Waals surface area (Å²) in [6.45, 7) is 3.89. The Bertz CT molecular complexity index is 739. The van der Waals surface area contributed by atoms with E-state index in [0.717, 1.165) is 11.3 Å². The molecule has 0 spiro atoms. The van der Waals surface area contributed by atoms with Crippen molar-refractivity contribution in [3.8, 4) is 0 Å². The average molecular weight is 340 g/mol. The minimum atomic E-state index is -0.979. The second-order valence-electron chi connectivity index (χ2n) is 6.53. The molecule has 0 bridgehead atoms. The highest BCUT2D eigenvalue weighted by Gasteiger charge is 2.22. The number of amides is 2. The van der Waals surface area contributed by atoms with Crippen LogP contribution in [-0.4, -0.2) is 23.9 Å². The van der Waals surface area contributed by atoms with E-state index in [4.69, 9.17) is 11.5 Å². The number of nitrogens with one attached hydrogen (secondary N) is 1. The molecule has 0 aliphatic rings. The number of nitrogens with zero attached hydrogens (tertiary/aromatic N) is 1. The average Bonchev–Trinajstić information content (AvgIpc) is 2.54. The van der Waals surface area contributed by atoms with E-state index < -0.39 is 11.4 Å². The highest BCUT2D eigenvalue weighted by Crippen LogP contribution is 2.22. The Morgan fingerprint density at radius 3 is 2.36 bits per heavy atom. The van der Waals surface area contributed by atoms with Crippen LogP contribution in [0.4, 0.5) is 11.4 Å². The van der Waals surface area contributed by atoms with E-state index in [-0.39, 0.29) is 12.5 Å². The van der Waals surface area contributed by atoms with Gasteiger partial charge in [0, 0.05) is 17.9 Å². The number of carbonyl (C=O) groups excluding carboxylic acids is 2. The minimum Gasteiger partial charge on any atom is -0.368 e. The summed E-state index contributed by atoms with van der Waals surface area (Å²) in [6, 6.07) is 17.0. The summed E-state index contributed by atoms with van der Waals surface area (Å²) in [4.78, 5) is 25.4. The molecule has 5 N–H and O–H groups in total. The van der Waals surface area contributed by atoms with Crippen LogP contribution in [0.3, 0.4) is 0 Å². The molecule has 0 atom stereocenters. The fourth-order valence-corrected chi connectivity index (χ4v) is 2.30. The maximum Gasteiger partial charge on any atom is 0.243 e. The molecular weight excluding hydrogens is 316 g/mol. The first kappa shape index (κ1) is 18.5. The third kappa shape index (κ3) is 5.61. The van der Waals surface area contributed by atoms with Crippen LogP contribution in [0, 0.1) is 0 Å². The van der Waals surface area contributed by atoms with Crippen molar-refractivity contribution in [3.63, 3.8) is 0 Å². The fourth-order valence-electron chi connectivity index (χ4n) is 2.30. The normalized spacial score (nSPS) is 11.0. The van der Waals surface area contributed by atoms with Crippen LogP contribution in [0.1, 0.15) is 19.4 Å². The number of carbonyl (C=O) groups is 2. The van der Waals surface area contributed by atoms with Crippen LogP contribution in [0.15, 0.2) is 54.6 Å². The largest absolute Gasteiger partial charge is 0.368 e. The fraction of sp³-hybridized carbons (Fsp3) is 0.263. The lowest BCUT2D eigenvalue weighted by Gasteiger charge is -2.24.